The molecule has 1 aromatic heterocycles. The SMILES string of the molecule is C#CCCC(=O)CCCCCNC(=O)OC(CCN(C)C(=O)CCCCC(=O)OC)c1ccc2ccc(OS(=O)(=O)c3ccccc3)c(Br)c2n1. The molecule has 1 atom stereocenters. The molecule has 3 rings (SSSR count). The molecule has 3 aromatic rings. The van der Waals surface area contributed by atoms with Crippen molar-refractivity contribution in [3.05, 3.63) is 64.8 Å². The number of fused-ring (bicyclic) bond motifs is 1. The van der Waals surface area contributed by atoms with Crippen molar-refractivity contribution in [3.8, 4) is 18.1 Å². The predicted octanol–water partition coefficient (Wildman–Crippen LogP) is 6.66. The Kier molecular flexibility index (Phi) is 16.9. The van der Waals surface area contributed by atoms with Crippen molar-refractivity contribution in [1.29, 1.82) is 0 Å². The van der Waals surface area contributed by atoms with Crippen LogP contribution in [-0.4, -0.2) is 69.3 Å². The molecule has 0 aliphatic heterocycles. The molecule has 14 heteroatoms. The zero-order valence-electron chi connectivity index (χ0n) is 28.9. The average molecular weight is 787 g/mol. The number of aromatic nitrogens is 1. The van der Waals surface area contributed by atoms with E-state index in [-0.39, 0.29) is 54.1 Å². The molecular weight excluding hydrogens is 742 g/mol. The number of hydrogen-bond donors (Lipinski definition) is 1. The van der Waals surface area contributed by atoms with E-state index in [2.05, 4.69) is 31.9 Å². The van der Waals surface area contributed by atoms with Crippen LogP contribution in [0.2, 0.25) is 0 Å². The lowest BCUT2D eigenvalue weighted by Gasteiger charge is -2.23. The Morgan fingerprint density at radius 2 is 1.65 bits per heavy atom. The van der Waals surface area contributed by atoms with Crippen LogP contribution in [0.1, 0.15) is 82.4 Å². The van der Waals surface area contributed by atoms with Crippen molar-refractivity contribution < 1.29 is 41.3 Å². The Balaban J connectivity index is 1.73. The number of halogens is 1. The normalized spacial score (nSPS) is 11.6. The number of amides is 2. The first-order valence-corrected chi connectivity index (χ1v) is 18.9. The van der Waals surface area contributed by atoms with Crippen molar-refractivity contribution in [1.82, 2.24) is 15.2 Å². The van der Waals surface area contributed by atoms with Crippen LogP contribution in [0.15, 0.2) is 64.0 Å². The van der Waals surface area contributed by atoms with Gasteiger partial charge in [0.1, 0.15) is 16.8 Å². The van der Waals surface area contributed by atoms with Gasteiger partial charge in [0.15, 0.2) is 5.75 Å². The lowest BCUT2D eigenvalue weighted by molar-refractivity contribution is -0.141. The number of nitrogens with zero attached hydrogens (tertiary/aromatic N) is 2. The summed E-state index contributed by atoms with van der Waals surface area (Å²) in [6, 6.07) is 14.4. The highest BCUT2D eigenvalue weighted by atomic mass is 79.9. The number of unbranched alkanes of at least 4 members (excludes halogenated alkanes) is 3. The Morgan fingerprint density at radius 3 is 2.37 bits per heavy atom. The van der Waals surface area contributed by atoms with Crippen LogP contribution in [0.4, 0.5) is 4.79 Å². The van der Waals surface area contributed by atoms with Crippen molar-refractivity contribution in [2.75, 3.05) is 27.2 Å². The van der Waals surface area contributed by atoms with Crippen LogP contribution in [0.5, 0.6) is 5.75 Å². The number of terminal acetylenes is 1. The van der Waals surface area contributed by atoms with Crippen LogP contribution in [0.3, 0.4) is 0 Å². The molecular formula is C37H44BrN3O9S. The number of benzene rings is 2. The van der Waals surface area contributed by atoms with E-state index < -0.39 is 22.3 Å². The summed E-state index contributed by atoms with van der Waals surface area (Å²) in [5.41, 5.74) is 0.764. The van der Waals surface area contributed by atoms with Gasteiger partial charge in [-0.2, -0.15) is 8.42 Å². The summed E-state index contributed by atoms with van der Waals surface area (Å²) in [6.07, 6.45) is 8.73. The summed E-state index contributed by atoms with van der Waals surface area (Å²) in [7, 11) is -1.16. The highest BCUT2D eigenvalue weighted by Gasteiger charge is 2.23. The van der Waals surface area contributed by atoms with E-state index in [4.69, 9.17) is 20.3 Å². The molecule has 0 radical (unpaired) electrons. The van der Waals surface area contributed by atoms with Crippen molar-refractivity contribution >= 4 is 60.7 Å². The van der Waals surface area contributed by atoms with E-state index in [1.165, 1.54) is 30.2 Å². The Bertz CT molecular complexity index is 1800. The fraction of sp³-hybridized carbons (Fsp3) is 0.432. The molecule has 1 N–H and O–H groups in total. The van der Waals surface area contributed by atoms with Crippen LogP contribution < -0.4 is 9.50 Å². The van der Waals surface area contributed by atoms with Crippen LogP contribution in [-0.2, 0) is 34.0 Å². The fourth-order valence-corrected chi connectivity index (χ4v) is 6.61. The maximum absolute atomic E-state index is 12.9. The molecule has 0 saturated carbocycles. The Hall–Kier alpha value is -4.48. The number of hydrogen-bond acceptors (Lipinski definition) is 10. The number of ketones is 1. The third-order valence-corrected chi connectivity index (χ3v) is 9.96. The number of Topliss-reactive ketones (excluding diaryl/α,β-unsaturated/α-hetero) is 1. The maximum atomic E-state index is 12.9. The number of pyridine rings is 1. The molecule has 0 spiro atoms. The summed E-state index contributed by atoms with van der Waals surface area (Å²) in [4.78, 5) is 55.2. The standard InChI is InChI=1S/C37H44BrN3O9S/c1-4-5-14-28(42)15-8-7-13-25-39-37(45)49-31(24-26-41(2)33(43)18-11-12-19-34(44)48-3)30-22-20-27-21-23-32(35(38)36(27)40-30)50-51(46,47)29-16-9-6-10-17-29/h1,6,9-10,16-17,20-23,31H,5,7-8,11-15,18-19,24-26H2,2-3H3,(H,39,45). The van der Waals surface area contributed by atoms with E-state index in [9.17, 15) is 27.6 Å². The van der Waals surface area contributed by atoms with Gasteiger partial charge in [0.2, 0.25) is 5.91 Å². The first-order chi connectivity index (χ1) is 24.4. The molecule has 12 nitrogen and oxygen atoms in total. The van der Waals surface area contributed by atoms with E-state index in [0.717, 1.165) is 6.42 Å². The van der Waals surface area contributed by atoms with Gasteiger partial charge in [0.05, 0.1) is 22.8 Å². The lowest BCUT2D eigenvalue weighted by Crippen LogP contribution is -2.31. The topological polar surface area (TPSA) is 158 Å². The second kappa shape index (κ2) is 21.0. The van der Waals surface area contributed by atoms with Gasteiger partial charge in [0, 0.05) is 64.0 Å². The summed E-state index contributed by atoms with van der Waals surface area (Å²) in [6.45, 7) is 0.572. The number of carbonyl (C=O) groups is 4. The third kappa shape index (κ3) is 13.6. The van der Waals surface area contributed by atoms with Gasteiger partial charge >= 0.3 is 22.2 Å². The van der Waals surface area contributed by atoms with Crippen molar-refractivity contribution in [2.45, 2.75) is 81.6 Å². The van der Waals surface area contributed by atoms with Gasteiger partial charge in [-0.05, 0) is 71.9 Å². The zero-order chi connectivity index (χ0) is 37.2. The molecule has 51 heavy (non-hydrogen) atoms. The maximum Gasteiger partial charge on any atom is 0.407 e. The van der Waals surface area contributed by atoms with Crippen molar-refractivity contribution in [3.63, 3.8) is 0 Å². The Labute approximate surface area is 307 Å². The van der Waals surface area contributed by atoms with Crippen LogP contribution in [0, 0.1) is 12.3 Å². The summed E-state index contributed by atoms with van der Waals surface area (Å²) in [5, 5.41) is 3.42. The second-order valence-corrected chi connectivity index (χ2v) is 14.1. The zero-order valence-corrected chi connectivity index (χ0v) is 31.3. The minimum atomic E-state index is -4.13. The van der Waals surface area contributed by atoms with Gasteiger partial charge in [-0.15, -0.1) is 12.3 Å². The predicted molar refractivity (Wildman–Crippen MR) is 195 cm³/mol. The molecule has 274 valence electrons. The van der Waals surface area contributed by atoms with Gasteiger partial charge in [-0.1, -0.05) is 30.7 Å². The Morgan fingerprint density at radius 1 is 0.941 bits per heavy atom. The smallest absolute Gasteiger partial charge is 0.407 e. The van der Waals surface area contributed by atoms with Crippen LogP contribution in [0.25, 0.3) is 10.9 Å². The van der Waals surface area contributed by atoms with Gasteiger partial charge in [0.25, 0.3) is 0 Å². The molecule has 1 unspecified atom stereocenters. The average Bonchev–Trinajstić information content (AvgIpc) is 3.13. The fourth-order valence-electron chi connectivity index (χ4n) is 5.01. The van der Waals surface area contributed by atoms with Gasteiger partial charge in [-0.3, -0.25) is 14.4 Å². The lowest BCUT2D eigenvalue weighted by atomic mass is 10.1. The number of nitrogens with one attached hydrogen (secondary N) is 1. The number of methoxy groups -OCH3 is 1. The van der Waals surface area contributed by atoms with E-state index in [1.54, 1.807) is 43.4 Å². The first kappa shape index (κ1) is 40.9. The summed E-state index contributed by atoms with van der Waals surface area (Å²) >= 11 is 3.46. The molecule has 1 heterocycles. The molecule has 0 aliphatic carbocycles. The summed E-state index contributed by atoms with van der Waals surface area (Å²) < 4.78 is 42.1. The number of ether oxygens (including phenoxy) is 2. The highest BCUT2D eigenvalue weighted by molar-refractivity contribution is 9.10. The molecule has 2 aromatic carbocycles. The third-order valence-electron chi connectivity index (χ3n) is 7.95. The molecule has 0 aliphatic rings. The summed E-state index contributed by atoms with van der Waals surface area (Å²) in [5.74, 6) is 2.16. The number of alkyl carbamates (subject to hydrolysis) is 1. The van der Waals surface area contributed by atoms with Crippen molar-refractivity contribution in [2.24, 2.45) is 0 Å². The first-order valence-electron chi connectivity index (χ1n) is 16.7. The number of esters is 1. The second-order valence-electron chi connectivity index (χ2n) is 11.8. The monoisotopic (exact) mass is 785 g/mol. The largest absolute Gasteiger partial charge is 0.469 e. The quantitative estimate of drug-likeness (QED) is 0.0536. The number of rotatable bonds is 21. The molecule has 0 fully saturated rings. The van der Waals surface area contributed by atoms with Gasteiger partial charge < -0.3 is 23.9 Å². The molecule has 2 amide bonds. The molecule has 0 bridgehead atoms. The van der Waals surface area contributed by atoms with Crippen LogP contribution >= 0.6 is 15.9 Å². The minimum absolute atomic E-state index is 0.00568. The van der Waals surface area contributed by atoms with E-state index in [0.29, 0.717) is 72.6 Å². The van der Waals surface area contributed by atoms with Gasteiger partial charge in [-0.25, -0.2) is 9.78 Å². The number of carbonyl (C=O) groups excluding carboxylic acids is 4. The highest BCUT2D eigenvalue weighted by Crippen LogP contribution is 2.35. The minimum Gasteiger partial charge on any atom is -0.469 e. The van der Waals surface area contributed by atoms with E-state index >= 15 is 0 Å². The van der Waals surface area contributed by atoms with E-state index in [1.807, 2.05) is 0 Å². The molecule has 0 saturated heterocycles.